The van der Waals surface area contributed by atoms with E-state index in [1.807, 2.05) is 24.3 Å². The highest BCUT2D eigenvalue weighted by atomic mass is 16.5. The standard InChI is InChI=1S/C21H28N4O2/c1-16-15-25(13-12-22-16)20-10-7-18(14-24-20)21(26)23-11-3-4-17-5-8-19(27-2)9-6-17/h5-10,14,16,22H,3-4,11-13,15H2,1-2H3,(H,23,26)/t16-/m1/s1. The monoisotopic (exact) mass is 368 g/mol. The van der Waals surface area contributed by atoms with Gasteiger partial charge in [-0.1, -0.05) is 12.1 Å². The van der Waals surface area contributed by atoms with E-state index in [4.69, 9.17) is 4.74 Å². The fourth-order valence-electron chi connectivity index (χ4n) is 3.24. The molecule has 1 aliphatic heterocycles. The van der Waals surface area contributed by atoms with Crippen LogP contribution in [0.4, 0.5) is 5.82 Å². The Kier molecular flexibility index (Phi) is 6.65. The normalized spacial score (nSPS) is 16.8. The Hall–Kier alpha value is -2.60. The molecule has 6 heteroatoms. The van der Waals surface area contributed by atoms with Crippen molar-refractivity contribution in [2.75, 3.05) is 38.2 Å². The number of nitrogens with one attached hydrogen (secondary N) is 2. The van der Waals surface area contributed by atoms with E-state index in [-0.39, 0.29) is 5.91 Å². The molecule has 0 aliphatic carbocycles. The Labute approximate surface area is 160 Å². The molecule has 2 N–H and O–H groups in total. The van der Waals surface area contributed by atoms with Gasteiger partial charge < -0.3 is 20.3 Å². The lowest BCUT2D eigenvalue weighted by molar-refractivity contribution is 0.0953. The van der Waals surface area contributed by atoms with Gasteiger partial charge in [0.2, 0.25) is 0 Å². The third kappa shape index (κ3) is 5.44. The van der Waals surface area contributed by atoms with Crippen molar-refractivity contribution in [2.24, 2.45) is 0 Å². The molecule has 0 unspecified atom stereocenters. The maximum absolute atomic E-state index is 12.3. The van der Waals surface area contributed by atoms with Gasteiger partial charge in [-0.25, -0.2) is 4.98 Å². The van der Waals surface area contributed by atoms with E-state index in [1.165, 1.54) is 5.56 Å². The van der Waals surface area contributed by atoms with Gasteiger partial charge in [0.25, 0.3) is 5.91 Å². The lowest BCUT2D eigenvalue weighted by atomic mass is 10.1. The van der Waals surface area contributed by atoms with E-state index in [9.17, 15) is 4.79 Å². The van der Waals surface area contributed by atoms with Gasteiger partial charge in [0, 0.05) is 38.4 Å². The molecule has 1 atom stereocenters. The van der Waals surface area contributed by atoms with Gasteiger partial charge >= 0.3 is 0 Å². The summed E-state index contributed by atoms with van der Waals surface area (Å²) in [5, 5.41) is 6.39. The molecule has 144 valence electrons. The summed E-state index contributed by atoms with van der Waals surface area (Å²) in [4.78, 5) is 19.0. The fraction of sp³-hybridized carbons (Fsp3) is 0.429. The molecule has 1 aliphatic rings. The van der Waals surface area contributed by atoms with Crippen LogP contribution in [0.1, 0.15) is 29.3 Å². The van der Waals surface area contributed by atoms with Gasteiger partial charge in [0.1, 0.15) is 11.6 Å². The van der Waals surface area contributed by atoms with Gasteiger partial charge in [-0.2, -0.15) is 0 Å². The quantitative estimate of drug-likeness (QED) is 0.734. The predicted octanol–water partition coefficient (Wildman–Crippen LogP) is 2.25. The zero-order valence-electron chi connectivity index (χ0n) is 16.1. The Morgan fingerprint density at radius 2 is 2.11 bits per heavy atom. The first-order chi connectivity index (χ1) is 13.2. The van der Waals surface area contributed by atoms with Crippen molar-refractivity contribution in [3.63, 3.8) is 0 Å². The molecule has 0 saturated carbocycles. The summed E-state index contributed by atoms with van der Waals surface area (Å²) in [5.41, 5.74) is 1.84. The number of amides is 1. The topological polar surface area (TPSA) is 66.5 Å². The number of rotatable bonds is 7. The van der Waals surface area contributed by atoms with E-state index in [1.54, 1.807) is 13.3 Å². The van der Waals surface area contributed by atoms with Crippen LogP contribution in [0.2, 0.25) is 0 Å². The van der Waals surface area contributed by atoms with E-state index < -0.39 is 0 Å². The second kappa shape index (κ2) is 9.37. The fourth-order valence-corrected chi connectivity index (χ4v) is 3.24. The summed E-state index contributed by atoms with van der Waals surface area (Å²) >= 11 is 0. The van der Waals surface area contributed by atoms with Gasteiger partial charge in [-0.15, -0.1) is 0 Å². The second-order valence-corrected chi connectivity index (χ2v) is 6.91. The Balaban J connectivity index is 1.43. The number of hydrogen-bond donors (Lipinski definition) is 2. The van der Waals surface area contributed by atoms with E-state index in [2.05, 4.69) is 39.6 Å². The number of aromatic nitrogens is 1. The molecule has 0 bridgehead atoms. The van der Waals surface area contributed by atoms with Gasteiger partial charge in [-0.05, 0) is 49.6 Å². The molecule has 1 amide bonds. The first kappa shape index (κ1) is 19.2. The molecule has 3 rings (SSSR count). The number of pyridine rings is 1. The van der Waals surface area contributed by atoms with Crippen molar-refractivity contribution < 1.29 is 9.53 Å². The van der Waals surface area contributed by atoms with Crippen LogP contribution < -0.4 is 20.3 Å². The Bertz CT molecular complexity index is 731. The summed E-state index contributed by atoms with van der Waals surface area (Å²) in [6, 6.07) is 12.3. The van der Waals surface area contributed by atoms with Crippen molar-refractivity contribution in [2.45, 2.75) is 25.8 Å². The summed E-state index contributed by atoms with van der Waals surface area (Å²) in [5.74, 6) is 1.72. The van der Waals surface area contributed by atoms with Crippen LogP contribution in [0.5, 0.6) is 5.75 Å². The third-order valence-electron chi connectivity index (χ3n) is 4.79. The maximum atomic E-state index is 12.3. The molecule has 27 heavy (non-hydrogen) atoms. The van der Waals surface area contributed by atoms with Crippen LogP contribution in [0.3, 0.4) is 0 Å². The van der Waals surface area contributed by atoms with Crippen LogP contribution in [0, 0.1) is 0 Å². The van der Waals surface area contributed by atoms with Gasteiger partial charge in [-0.3, -0.25) is 4.79 Å². The Morgan fingerprint density at radius 1 is 1.30 bits per heavy atom. The number of benzene rings is 1. The molecule has 1 aromatic heterocycles. The summed E-state index contributed by atoms with van der Waals surface area (Å²) in [6.07, 6.45) is 3.48. The molecule has 1 fully saturated rings. The van der Waals surface area contributed by atoms with Crippen molar-refractivity contribution in [3.05, 3.63) is 53.7 Å². The van der Waals surface area contributed by atoms with Crippen LogP contribution in [-0.4, -0.2) is 50.2 Å². The highest BCUT2D eigenvalue weighted by Crippen LogP contribution is 2.14. The average Bonchev–Trinajstić information content (AvgIpc) is 2.71. The number of piperazine rings is 1. The van der Waals surface area contributed by atoms with Gasteiger partial charge in [0.05, 0.1) is 12.7 Å². The lowest BCUT2D eigenvalue weighted by Crippen LogP contribution is -2.49. The van der Waals surface area contributed by atoms with Crippen LogP contribution >= 0.6 is 0 Å². The highest BCUT2D eigenvalue weighted by molar-refractivity contribution is 5.94. The molecular formula is C21H28N4O2. The van der Waals surface area contributed by atoms with E-state index in [0.29, 0.717) is 18.2 Å². The predicted molar refractivity (Wildman–Crippen MR) is 108 cm³/mol. The zero-order valence-corrected chi connectivity index (χ0v) is 16.1. The molecule has 1 aromatic carbocycles. The van der Waals surface area contributed by atoms with Crippen molar-refractivity contribution >= 4 is 11.7 Å². The van der Waals surface area contributed by atoms with Crippen LogP contribution in [-0.2, 0) is 6.42 Å². The van der Waals surface area contributed by atoms with E-state index >= 15 is 0 Å². The van der Waals surface area contributed by atoms with Crippen molar-refractivity contribution in [1.82, 2.24) is 15.6 Å². The maximum Gasteiger partial charge on any atom is 0.252 e. The first-order valence-electron chi connectivity index (χ1n) is 9.51. The number of ether oxygens (including phenoxy) is 1. The SMILES string of the molecule is COc1ccc(CCCNC(=O)c2ccc(N3CCN[C@H](C)C3)nc2)cc1. The molecular weight excluding hydrogens is 340 g/mol. The number of nitrogens with zero attached hydrogens (tertiary/aromatic N) is 2. The summed E-state index contributed by atoms with van der Waals surface area (Å²) < 4.78 is 5.16. The van der Waals surface area contributed by atoms with Crippen LogP contribution in [0.15, 0.2) is 42.6 Å². The van der Waals surface area contributed by atoms with E-state index in [0.717, 1.165) is 44.0 Å². The molecule has 0 radical (unpaired) electrons. The first-order valence-corrected chi connectivity index (χ1v) is 9.51. The minimum absolute atomic E-state index is 0.0718. The minimum Gasteiger partial charge on any atom is -0.497 e. The van der Waals surface area contributed by atoms with Crippen molar-refractivity contribution in [1.29, 1.82) is 0 Å². The number of carbonyl (C=O) groups is 1. The smallest absolute Gasteiger partial charge is 0.252 e. The molecule has 6 nitrogen and oxygen atoms in total. The average molecular weight is 368 g/mol. The summed E-state index contributed by atoms with van der Waals surface area (Å²) in [7, 11) is 1.66. The Morgan fingerprint density at radius 3 is 2.78 bits per heavy atom. The number of aryl methyl sites for hydroxylation is 1. The number of hydrogen-bond acceptors (Lipinski definition) is 5. The van der Waals surface area contributed by atoms with Gasteiger partial charge in [0.15, 0.2) is 0 Å². The molecule has 2 aromatic rings. The van der Waals surface area contributed by atoms with Crippen LogP contribution in [0.25, 0.3) is 0 Å². The van der Waals surface area contributed by atoms with Crippen molar-refractivity contribution in [3.8, 4) is 5.75 Å². The largest absolute Gasteiger partial charge is 0.497 e. The minimum atomic E-state index is -0.0718. The molecule has 2 heterocycles. The zero-order chi connectivity index (χ0) is 19.1. The molecule has 1 saturated heterocycles. The molecule has 0 spiro atoms. The summed E-state index contributed by atoms with van der Waals surface area (Å²) in [6.45, 7) is 5.64. The lowest BCUT2D eigenvalue weighted by Gasteiger charge is -2.32. The number of methoxy groups -OCH3 is 1. The number of carbonyl (C=O) groups excluding carboxylic acids is 1. The number of anilines is 1. The second-order valence-electron chi connectivity index (χ2n) is 6.91. The highest BCUT2D eigenvalue weighted by Gasteiger charge is 2.17. The third-order valence-corrected chi connectivity index (χ3v) is 4.79.